The molecule has 7 nitrogen and oxygen atoms in total. The van der Waals surface area contributed by atoms with E-state index in [9.17, 15) is 14.0 Å². The van der Waals surface area contributed by atoms with Gasteiger partial charge in [-0.3, -0.25) is 4.79 Å². The van der Waals surface area contributed by atoms with Gasteiger partial charge in [-0.15, -0.1) is 0 Å². The first kappa shape index (κ1) is 19.9. The molecule has 0 bridgehead atoms. The number of amides is 1. The van der Waals surface area contributed by atoms with E-state index in [0.717, 1.165) is 5.56 Å². The summed E-state index contributed by atoms with van der Waals surface area (Å²) in [5.74, 6) is -0.681. The molecule has 0 atom stereocenters. The highest BCUT2D eigenvalue weighted by Crippen LogP contribution is 2.17. The van der Waals surface area contributed by atoms with Crippen molar-refractivity contribution in [2.24, 2.45) is 0 Å². The zero-order valence-electron chi connectivity index (χ0n) is 15.7. The molecular weight excluding hydrogens is 375 g/mol. The lowest BCUT2D eigenvalue weighted by atomic mass is 10.1. The molecule has 3 aromatic rings. The fourth-order valence-electron chi connectivity index (χ4n) is 2.60. The Morgan fingerprint density at radius 3 is 2.62 bits per heavy atom. The van der Waals surface area contributed by atoms with Crippen molar-refractivity contribution in [3.63, 3.8) is 0 Å². The number of aromatic nitrogens is 2. The Balaban J connectivity index is 1.60. The summed E-state index contributed by atoms with van der Waals surface area (Å²) < 4.78 is 17.6. The molecule has 0 aliphatic rings. The third kappa shape index (κ3) is 5.58. The minimum absolute atomic E-state index is 0.200. The van der Waals surface area contributed by atoms with Crippen LogP contribution in [0.4, 0.5) is 15.9 Å². The fraction of sp³-hybridized carbons (Fsp3) is 0.143. The second-order valence-electron chi connectivity index (χ2n) is 6.12. The lowest BCUT2D eigenvalue weighted by Gasteiger charge is -2.09. The van der Waals surface area contributed by atoms with E-state index in [1.165, 1.54) is 31.6 Å². The van der Waals surface area contributed by atoms with Crippen molar-refractivity contribution >= 4 is 23.4 Å². The molecule has 0 aliphatic carbocycles. The maximum atomic E-state index is 12.9. The van der Waals surface area contributed by atoms with E-state index in [0.29, 0.717) is 30.0 Å². The van der Waals surface area contributed by atoms with Gasteiger partial charge in [0.25, 0.3) is 5.91 Å². The number of esters is 1. The number of nitrogens with one attached hydrogen (secondary N) is 2. The molecule has 0 saturated carbocycles. The van der Waals surface area contributed by atoms with Crippen LogP contribution in [0.5, 0.6) is 0 Å². The summed E-state index contributed by atoms with van der Waals surface area (Å²) in [5, 5.41) is 5.80. The molecule has 0 saturated heterocycles. The van der Waals surface area contributed by atoms with Gasteiger partial charge in [0.2, 0.25) is 0 Å². The van der Waals surface area contributed by atoms with E-state index in [1.54, 1.807) is 36.4 Å². The van der Waals surface area contributed by atoms with Crippen LogP contribution in [0.1, 0.15) is 26.4 Å². The molecule has 0 aliphatic heterocycles. The number of hydrogen-bond acceptors (Lipinski definition) is 6. The topological polar surface area (TPSA) is 93.2 Å². The van der Waals surface area contributed by atoms with Gasteiger partial charge in [-0.25, -0.2) is 19.2 Å². The lowest BCUT2D eigenvalue weighted by molar-refractivity contribution is 0.0600. The molecule has 2 aromatic carbocycles. The maximum Gasteiger partial charge on any atom is 0.337 e. The van der Waals surface area contributed by atoms with Crippen molar-refractivity contribution in [3.05, 3.63) is 83.6 Å². The number of anilines is 2. The average molecular weight is 394 g/mol. The van der Waals surface area contributed by atoms with E-state index in [-0.39, 0.29) is 17.4 Å². The van der Waals surface area contributed by atoms with Crippen LogP contribution in [0.2, 0.25) is 0 Å². The van der Waals surface area contributed by atoms with E-state index in [2.05, 4.69) is 20.6 Å². The molecule has 1 amide bonds. The summed E-state index contributed by atoms with van der Waals surface area (Å²) in [5.41, 5.74) is 2.13. The van der Waals surface area contributed by atoms with Gasteiger partial charge in [-0.1, -0.05) is 18.2 Å². The van der Waals surface area contributed by atoms with Crippen LogP contribution in [-0.2, 0) is 11.2 Å². The summed E-state index contributed by atoms with van der Waals surface area (Å²) in [6.45, 7) is 0.387. The van der Waals surface area contributed by atoms with Crippen LogP contribution >= 0.6 is 0 Å². The zero-order chi connectivity index (χ0) is 20.6. The Kier molecular flexibility index (Phi) is 6.47. The molecule has 1 heterocycles. The van der Waals surface area contributed by atoms with Gasteiger partial charge in [0.15, 0.2) is 0 Å². The Labute approximate surface area is 167 Å². The largest absolute Gasteiger partial charge is 0.465 e. The second kappa shape index (κ2) is 9.41. The number of carbonyl (C=O) groups excluding carboxylic acids is 2. The lowest BCUT2D eigenvalue weighted by Crippen LogP contribution is -2.26. The summed E-state index contributed by atoms with van der Waals surface area (Å²) in [7, 11) is 1.31. The fourth-order valence-corrected chi connectivity index (χ4v) is 2.60. The molecule has 0 fully saturated rings. The Bertz CT molecular complexity index is 1010. The third-order valence-electron chi connectivity index (χ3n) is 4.07. The van der Waals surface area contributed by atoms with Crippen LogP contribution in [0.3, 0.4) is 0 Å². The van der Waals surface area contributed by atoms with Crippen LogP contribution in [-0.4, -0.2) is 35.5 Å². The number of hydrogen-bond donors (Lipinski definition) is 2. The van der Waals surface area contributed by atoms with Gasteiger partial charge in [-0.2, -0.15) is 0 Å². The van der Waals surface area contributed by atoms with Crippen molar-refractivity contribution in [2.45, 2.75) is 6.42 Å². The van der Waals surface area contributed by atoms with Gasteiger partial charge in [0, 0.05) is 18.3 Å². The van der Waals surface area contributed by atoms with Crippen molar-refractivity contribution in [2.75, 3.05) is 19.0 Å². The number of benzene rings is 2. The first-order valence-corrected chi connectivity index (χ1v) is 8.85. The summed E-state index contributed by atoms with van der Waals surface area (Å²) >= 11 is 0. The molecule has 3 rings (SSSR count). The molecule has 1 aromatic heterocycles. The highest BCUT2D eigenvalue weighted by Gasteiger charge is 2.10. The number of ether oxygens (including phenoxy) is 1. The number of carbonyl (C=O) groups is 2. The monoisotopic (exact) mass is 394 g/mol. The highest BCUT2D eigenvalue weighted by atomic mass is 19.1. The van der Waals surface area contributed by atoms with E-state index in [1.807, 2.05) is 0 Å². The number of nitrogens with zero attached hydrogens (tertiary/aromatic N) is 2. The normalized spacial score (nSPS) is 10.3. The van der Waals surface area contributed by atoms with Crippen molar-refractivity contribution in [3.8, 4) is 0 Å². The van der Waals surface area contributed by atoms with Crippen LogP contribution in [0.25, 0.3) is 0 Å². The number of halogens is 1. The molecule has 0 unspecified atom stereocenters. The third-order valence-corrected chi connectivity index (χ3v) is 4.07. The van der Waals surface area contributed by atoms with Crippen molar-refractivity contribution in [1.82, 2.24) is 15.3 Å². The molecule has 0 spiro atoms. The smallest absolute Gasteiger partial charge is 0.337 e. The summed E-state index contributed by atoms with van der Waals surface area (Å²) in [4.78, 5) is 32.0. The van der Waals surface area contributed by atoms with E-state index >= 15 is 0 Å². The zero-order valence-corrected chi connectivity index (χ0v) is 15.7. The Hall–Kier alpha value is -3.81. The predicted octanol–water partition coefficient (Wildman–Crippen LogP) is 3.12. The first-order chi connectivity index (χ1) is 14.0. The second-order valence-corrected chi connectivity index (χ2v) is 6.12. The molecule has 148 valence electrons. The summed E-state index contributed by atoms with van der Waals surface area (Å²) in [6.07, 6.45) is 1.85. The minimum Gasteiger partial charge on any atom is -0.465 e. The van der Waals surface area contributed by atoms with Gasteiger partial charge in [0.1, 0.15) is 23.7 Å². The average Bonchev–Trinajstić information content (AvgIpc) is 2.75. The van der Waals surface area contributed by atoms with E-state index in [4.69, 9.17) is 4.74 Å². The van der Waals surface area contributed by atoms with Gasteiger partial charge in [-0.05, 0) is 42.3 Å². The molecular formula is C21H19FN4O3. The van der Waals surface area contributed by atoms with Gasteiger partial charge >= 0.3 is 5.97 Å². The highest BCUT2D eigenvalue weighted by molar-refractivity contribution is 5.93. The van der Waals surface area contributed by atoms with E-state index < -0.39 is 5.97 Å². The van der Waals surface area contributed by atoms with Crippen LogP contribution in [0, 0.1) is 5.82 Å². The number of rotatable bonds is 7. The molecule has 8 heteroatoms. The van der Waals surface area contributed by atoms with Crippen LogP contribution < -0.4 is 10.6 Å². The Morgan fingerprint density at radius 1 is 1.07 bits per heavy atom. The van der Waals surface area contributed by atoms with Gasteiger partial charge < -0.3 is 15.4 Å². The molecule has 2 N–H and O–H groups in total. The first-order valence-electron chi connectivity index (χ1n) is 8.85. The SMILES string of the molecule is COC(=O)c1cccc(Nc2cc(C(=O)NCCc3ccc(F)cc3)ncn2)c1. The molecule has 0 radical (unpaired) electrons. The van der Waals surface area contributed by atoms with Gasteiger partial charge in [0.05, 0.1) is 12.7 Å². The quantitative estimate of drug-likeness (QED) is 0.598. The van der Waals surface area contributed by atoms with Crippen molar-refractivity contribution in [1.29, 1.82) is 0 Å². The predicted molar refractivity (Wildman–Crippen MR) is 106 cm³/mol. The molecule has 29 heavy (non-hydrogen) atoms. The maximum absolute atomic E-state index is 12.9. The summed E-state index contributed by atoms with van der Waals surface area (Å²) in [6, 6.07) is 14.4. The Morgan fingerprint density at radius 2 is 1.86 bits per heavy atom. The number of methoxy groups -OCH3 is 1. The van der Waals surface area contributed by atoms with Crippen LogP contribution in [0.15, 0.2) is 60.9 Å². The van der Waals surface area contributed by atoms with Crippen molar-refractivity contribution < 1.29 is 18.7 Å². The minimum atomic E-state index is -0.447. The standard InChI is InChI=1S/C21H19FN4O3/c1-29-21(28)15-3-2-4-17(11-15)26-19-12-18(24-13-25-19)20(27)23-10-9-14-5-7-16(22)8-6-14/h2-8,11-13H,9-10H2,1H3,(H,23,27)(H,24,25,26).